The topological polar surface area (TPSA) is 168 Å². The van der Waals surface area contributed by atoms with E-state index in [4.69, 9.17) is 35.0 Å². The molecule has 1 aliphatic rings. The lowest BCUT2D eigenvalue weighted by molar-refractivity contribution is -0.193. The summed E-state index contributed by atoms with van der Waals surface area (Å²) in [6.45, 7) is 1.12. The van der Waals surface area contributed by atoms with Crippen molar-refractivity contribution < 1.29 is 65.2 Å². The molecule has 1 aliphatic heterocycles. The number of carbonyl (C=O) groups excluding carboxylic acids is 2. The van der Waals surface area contributed by atoms with E-state index in [9.17, 15) is 35.9 Å². The summed E-state index contributed by atoms with van der Waals surface area (Å²) in [5.74, 6) is -4.05. The van der Waals surface area contributed by atoms with Crippen LogP contribution in [-0.2, 0) is 23.9 Å². The van der Waals surface area contributed by atoms with E-state index in [1.54, 1.807) is 11.8 Å². The van der Waals surface area contributed by atoms with Gasteiger partial charge in [0.05, 0.1) is 13.2 Å². The first-order valence-corrected chi connectivity index (χ1v) is 16.3. The van der Waals surface area contributed by atoms with Gasteiger partial charge in [0.15, 0.2) is 0 Å². The molecule has 11 nitrogen and oxygen atoms in total. The molecule has 0 saturated carbocycles. The molecule has 1 saturated heterocycles. The Morgan fingerprint density at radius 3 is 2.16 bits per heavy atom. The average molecular weight is 746 g/mol. The molecule has 0 aromatic heterocycles. The molecule has 1 heterocycles. The van der Waals surface area contributed by atoms with Gasteiger partial charge in [-0.1, -0.05) is 48.6 Å². The lowest BCUT2D eigenvalue weighted by Gasteiger charge is -2.24. The number of thioether (sulfide) groups is 1. The highest BCUT2D eigenvalue weighted by Crippen LogP contribution is 2.29. The van der Waals surface area contributed by atoms with Crippen molar-refractivity contribution in [2.24, 2.45) is 5.73 Å². The van der Waals surface area contributed by atoms with Crippen molar-refractivity contribution in [2.45, 2.75) is 49.4 Å². The molecule has 4 atom stereocenters. The monoisotopic (exact) mass is 745 g/mol. The number of aliphatic carboxylic acids is 2. The van der Waals surface area contributed by atoms with Gasteiger partial charge in [-0.25, -0.2) is 14.4 Å². The Balaban J connectivity index is 0.000000717. The number of likely N-dealkylation sites (tertiary alicyclic amines) is 1. The zero-order chi connectivity index (χ0) is 37.4. The molecule has 1 fully saturated rings. The van der Waals surface area contributed by atoms with Crippen molar-refractivity contribution in [3.8, 4) is 5.75 Å². The minimum Gasteiger partial charge on any atom is -0.488 e. The van der Waals surface area contributed by atoms with Crippen LogP contribution in [0.4, 0.5) is 26.3 Å². The molecule has 19 heteroatoms. The van der Waals surface area contributed by atoms with Gasteiger partial charge in [-0.05, 0) is 29.9 Å². The Morgan fingerprint density at radius 1 is 1.06 bits per heavy atom. The van der Waals surface area contributed by atoms with E-state index in [2.05, 4.69) is 35.0 Å². The van der Waals surface area contributed by atoms with Crippen LogP contribution in [0.2, 0.25) is 0 Å². The number of esters is 1. The van der Waals surface area contributed by atoms with Crippen LogP contribution in [0.5, 0.6) is 5.75 Å². The third-order valence-corrected chi connectivity index (χ3v) is 7.61. The standard InChI is InChI=1S/C26H35N3O4S2.2C2HF3O2/c1-32-26(31)22(12-14-35-2)28-25(30)23-15-20(16-29(23)13-6-9-19(27)17-34)33-24-11-5-8-18-7-3-4-10-21(18)24;2*3-2(4,5)1(6)7/h3-11,19-20,22-23,34H,12-17,27H2,1-2H3,(H,28,30);2*(H,6,7)/b9-6+;;/t19?,20-,22-,23-;;/m0../s1. The Labute approximate surface area is 287 Å². The third-order valence-electron chi connectivity index (χ3n) is 6.54. The summed E-state index contributed by atoms with van der Waals surface area (Å²) in [6.07, 6.45) is -3.49. The Morgan fingerprint density at radius 2 is 1.63 bits per heavy atom. The number of methoxy groups -OCH3 is 1. The number of fused-ring (bicyclic) bond motifs is 1. The van der Waals surface area contributed by atoms with Crippen LogP contribution in [0, 0.1) is 0 Å². The van der Waals surface area contributed by atoms with Gasteiger partial charge in [-0.15, -0.1) is 0 Å². The summed E-state index contributed by atoms with van der Waals surface area (Å²) in [6, 6.07) is 12.8. The third kappa shape index (κ3) is 15.6. The van der Waals surface area contributed by atoms with Crippen LogP contribution in [0.1, 0.15) is 12.8 Å². The first-order valence-electron chi connectivity index (χ1n) is 14.2. The van der Waals surface area contributed by atoms with Gasteiger partial charge in [0, 0.05) is 36.7 Å². The smallest absolute Gasteiger partial charge is 0.488 e. The minimum absolute atomic E-state index is 0.147. The minimum atomic E-state index is -5.08. The molecule has 0 aliphatic carbocycles. The average Bonchev–Trinajstić information content (AvgIpc) is 3.44. The van der Waals surface area contributed by atoms with E-state index in [1.165, 1.54) is 7.11 Å². The lowest BCUT2D eigenvalue weighted by Crippen LogP contribution is -2.50. The number of carboxylic acid groups (broad SMARTS) is 2. The molecular weight excluding hydrogens is 708 g/mol. The zero-order valence-electron chi connectivity index (χ0n) is 26.2. The van der Waals surface area contributed by atoms with E-state index in [1.807, 2.05) is 48.7 Å². The number of nitrogens with zero attached hydrogens (tertiary/aromatic N) is 1. The number of carboxylic acids is 2. The summed E-state index contributed by atoms with van der Waals surface area (Å²) >= 11 is 5.84. The molecule has 2 aromatic carbocycles. The van der Waals surface area contributed by atoms with Crippen molar-refractivity contribution in [3.05, 3.63) is 54.6 Å². The van der Waals surface area contributed by atoms with E-state index >= 15 is 0 Å². The van der Waals surface area contributed by atoms with Crippen LogP contribution in [-0.4, -0.2) is 113 Å². The number of halogens is 6. The summed E-state index contributed by atoms with van der Waals surface area (Å²) in [4.78, 5) is 45.4. The van der Waals surface area contributed by atoms with Gasteiger partial charge in [0.25, 0.3) is 0 Å². The number of hydrogen-bond acceptors (Lipinski definition) is 10. The maximum absolute atomic E-state index is 13.3. The summed E-state index contributed by atoms with van der Waals surface area (Å²) < 4.78 is 74.8. The van der Waals surface area contributed by atoms with Crippen LogP contribution < -0.4 is 15.8 Å². The first-order chi connectivity index (χ1) is 22.8. The molecule has 0 radical (unpaired) electrons. The van der Waals surface area contributed by atoms with Gasteiger partial charge < -0.3 is 30.7 Å². The van der Waals surface area contributed by atoms with E-state index in [-0.39, 0.29) is 18.1 Å². The number of carbonyl (C=O) groups is 4. The number of benzene rings is 2. The number of ether oxygens (including phenoxy) is 2. The Bertz CT molecular complexity index is 1380. The van der Waals surface area contributed by atoms with Crippen LogP contribution >= 0.6 is 24.4 Å². The Kier molecular flexibility index (Phi) is 18.3. The van der Waals surface area contributed by atoms with E-state index in [0.29, 0.717) is 31.7 Å². The predicted octanol–water partition coefficient (Wildman–Crippen LogP) is 4.15. The molecule has 1 amide bonds. The van der Waals surface area contributed by atoms with E-state index in [0.717, 1.165) is 22.3 Å². The van der Waals surface area contributed by atoms with Crippen molar-refractivity contribution in [1.82, 2.24) is 10.2 Å². The molecule has 0 bridgehead atoms. The number of nitrogens with two attached hydrogens (primary N) is 1. The fourth-order valence-electron chi connectivity index (χ4n) is 4.23. The Hall–Kier alpha value is -3.68. The van der Waals surface area contributed by atoms with Gasteiger partial charge in [0.2, 0.25) is 5.91 Å². The number of thiol groups is 1. The highest BCUT2D eigenvalue weighted by Gasteiger charge is 2.40. The molecular formula is C30H37F6N3O8S2. The molecule has 5 N–H and O–H groups in total. The first kappa shape index (κ1) is 43.3. The van der Waals surface area contributed by atoms with Gasteiger partial charge in [-0.3, -0.25) is 9.69 Å². The second kappa shape index (κ2) is 20.7. The second-order valence-electron chi connectivity index (χ2n) is 10.2. The number of hydrogen-bond donors (Lipinski definition) is 5. The molecule has 2 aromatic rings. The van der Waals surface area contributed by atoms with Crippen molar-refractivity contribution in [1.29, 1.82) is 0 Å². The van der Waals surface area contributed by atoms with Crippen molar-refractivity contribution in [2.75, 3.05) is 38.0 Å². The fraction of sp³-hybridized carbons (Fsp3) is 0.467. The highest BCUT2D eigenvalue weighted by molar-refractivity contribution is 7.98. The number of rotatable bonds is 12. The van der Waals surface area contributed by atoms with Gasteiger partial charge >= 0.3 is 30.3 Å². The largest absolute Gasteiger partial charge is 0.490 e. The maximum Gasteiger partial charge on any atom is 0.490 e. The fourth-order valence-corrected chi connectivity index (χ4v) is 4.82. The maximum atomic E-state index is 13.3. The normalized spacial score (nSPS) is 17.6. The van der Waals surface area contributed by atoms with Crippen LogP contribution in [0.3, 0.4) is 0 Å². The summed E-state index contributed by atoms with van der Waals surface area (Å²) in [7, 11) is 1.34. The zero-order valence-corrected chi connectivity index (χ0v) is 28.0. The second-order valence-corrected chi connectivity index (χ2v) is 11.5. The summed E-state index contributed by atoms with van der Waals surface area (Å²) in [5, 5.41) is 19.3. The highest BCUT2D eigenvalue weighted by atomic mass is 32.2. The summed E-state index contributed by atoms with van der Waals surface area (Å²) in [5.41, 5.74) is 5.96. The van der Waals surface area contributed by atoms with Crippen LogP contribution in [0.15, 0.2) is 54.6 Å². The number of alkyl halides is 6. The molecule has 49 heavy (non-hydrogen) atoms. The molecule has 0 spiro atoms. The number of amides is 1. The molecule has 3 rings (SSSR count). The quantitative estimate of drug-likeness (QED) is 0.0917. The van der Waals surface area contributed by atoms with Crippen LogP contribution in [0.25, 0.3) is 10.8 Å². The molecule has 274 valence electrons. The van der Waals surface area contributed by atoms with Crippen molar-refractivity contribution in [3.63, 3.8) is 0 Å². The SMILES string of the molecule is COC(=O)[C@H](CCSC)NC(=O)[C@@H]1C[C@H](Oc2cccc3ccccc23)CN1C/C=C/C(N)CS.O=C(O)C(F)(F)F.O=C(O)C(F)(F)F. The predicted molar refractivity (Wildman–Crippen MR) is 174 cm³/mol. The van der Waals surface area contributed by atoms with Gasteiger partial charge in [0.1, 0.15) is 17.9 Å². The molecule has 1 unspecified atom stereocenters. The van der Waals surface area contributed by atoms with Crippen molar-refractivity contribution >= 4 is 59.0 Å². The number of nitrogens with one attached hydrogen (secondary N) is 1. The lowest BCUT2D eigenvalue weighted by atomic mass is 10.1. The van der Waals surface area contributed by atoms with Gasteiger partial charge in [-0.2, -0.15) is 50.7 Å². The van der Waals surface area contributed by atoms with E-state index < -0.39 is 42.3 Å².